The number of nitrogens with one attached hydrogen (secondary N) is 1. The zero-order chi connectivity index (χ0) is 20.9. The van der Waals surface area contributed by atoms with Crippen molar-refractivity contribution in [3.63, 3.8) is 0 Å². The van der Waals surface area contributed by atoms with Gasteiger partial charge in [0.05, 0.1) is 12.0 Å². The first-order valence-electron chi connectivity index (χ1n) is 11.0. The first-order valence-corrected chi connectivity index (χ1v) is 11.0. The maximum absolute atomic E-state index is 12.5. The van der Waals surface area contributed by atoms with Crippen molar-refractivity contribution >= 4 is 12.1 Å². The van der Waals surface area contributed by atoms with Crippen LogP contribution in [-0.2, 0) is 20.7 Å². The molecule has 0 spiro atoms. The number of carbonyl (C=O) groups excluding carboxylic acids is 2. The Morgan fingerprint density at radius 3 is 2.52 bits per heavy atom. The quantitative estimate of drug-likeness (QED) is 0.680. The number of carbonyl (C=O) groups is 2. The van der Waals surface area contributed by atoms with Gasteiger partial charge in [-0.05, 0) is 51.5 Å². The number of esters is 1. The number of hydrogen-bond acceptors (Lipinski definition) is 4. The van der Waals surface area contributed by atoms with Gasteiger partial charge in [-0.3, -0.25) is 4.79 Å². The third kappa shape index (κ3) is 6.76. The van der Waals surface area contributed by atoms with E-state index in [1.165, 1.54) is 32.1 Å². The zero-order valence-electron chi connectivity index (χ0n) is 18.0. The summed E-state index contributed by atoms with van der Waals surface area (Å²) < 4.78 is 11.2. The second-order valence-electron chi connectivity index (χ2n) is 9.59. The summed E-state index contributed by atoms with van der Waals surface area (Å²) in [6.45, 7) is 5.57. The van der Waals surface area contributed by atoms with Gasteiger partial charge in [-0.2, -0.15) is 0 Å². The van der Waals surface area contributed by atoms with Gasteiger partial charge in [0.2, 0.25) is 0 Å². The number of alkyl carbamates (subject to hydrolysis) is 1. The number of cyclic esters (lactones) is 1. The molecule has 1 aliphatic carbocycles. The molecule has 1 amide bonds. The zero-order valence-corrected chi connectivity index (χ0v) is 18.0. The molecule has 3 rings (SSSR count). The predicted molar refractivity (Wildman–Crippen MR) is 112 cm³/mol. The van der Waals surface area contributed by atoms with E-state index >= 15 is 0 Å². The van der Waals surface area contributed by atoms with Crippen molar-refractivity contribution in [2.45, 2.75) is 89.9 Å². The molecular weight excluding hydrogens is 366 g/mol. The Balaban J connectivity index is 1.65. The first-order chi connectivity index (χ1) is 13.8. The summed E-state index contributed by atoms with van der Waals surface area (Å²) >= 11 is 0. The van der Waals surface area contributed by atoms with Gasteiger partial charge in [-0.25, -0.2) is 4.79 Å². The normalized spacial score (nSPS) is 24.0. The largest absolute Gasteiger partial charge is 0.460 e. The summed E-state index contributed by atoms with van der Waals surface area (Å²) in [5.74, 6) is 0.255. The van der Waals surface area contributed by atoms with Crippen molar-refractivity contribution in [1.82, 2.24) is 5.32 Å². The second kappa shape index (κ2) is 9.64. The van der Waals surface area contributed by atoms with Crippen LogP contribution in [-0.4, -0.2) is 29.8 Å². The molecule has 1 aromatic carbocycles. The van der Waals surface area contributed by atoms with Gasteiger partial charge in [-0.1, -0.05) is 62.4 Å². The molecule has 1 heterocycles. The van der Waals surface area contributed by atoms with Crippen LogP contribution in [0.15, 0.2) is 30.3 Å². The third-order valence-corrected chi connectivity index (χ3v) is 5.91. The summed E-state index contributed by atoms with van der Waals surface area (Å²) in [6, 6.07) is 9.84. The summed E-state index contributed by atoms with van der Waals surface area (Å²) in [5, 5.41) is 3.03. The summed E-state index contributed by atoms with van der Waals surface area (Å²) in [6.07, 6.45) is 7.58. The molecule has 1 N–H and O–H groups in total. The summed E-state index contributed by atoms with van der Waals surface area (Å²) in [4.78, 5) is 25.0. The molecule has 5 heteroatoms. The van der Waals surface area contributed by atoms with Gasteiger partial charge in [0.25, 0.3) is 0 Å². The molecule has 1 aromatic rings. The van der Waals surface area contributed by atoms with Crippen LogP contribution in [0.4, 0.5) is 4.79 Å². The fourth-order valence-corrected chi connectivity index (χ4v) is 4.53. The molecule has 160 valence electrons. The third-order valence-electron chi connectivity index (χ3n) is 5.91. The lowest BCUT2D eigenvalue weighted by atomic mass is 9.82. The van der Waals surface area contributed by atoms with Crippen molar-refractivity contribution in [2.75, 3.05) is 0 Å². The van der Waals surface area contributed by atoms with Gasteiger partial charge in [-0.15, -0.1) is 0 Å². The fourth-order valence-electron chi connectivity index (χ4n) is 4.53. The molecule has 1 saturated heterocycles. The maximum atomic E-state index is 12.5. The van der Waals surface area contributed by atoms with Gasteiger partial charge < -0.3 is 14.8 Å². The minimum atomic E-state index is -0.554. The highest BCUT2D eigenvalue weighted by Gasteiger charge is 2.40. The summed E-state index contributed by atoms with van der Waals surface area (Å²) in [5.41, 5.74) is 0.584. The van der Waals surface area contributed by atoms with E-state index in [0.717, 1.165) is 12.0 Å². The van der Waals surface area contributed by atoms with Crippen molar-refractivity contribution < 1.29 is 19.1 Å². The first kappa shape index (κ1) is 21.7. The smallest absolute Gasteiger partial charge is 0.408 e. The monoisotopic (exact) mass is 401 g/mol. The number of rotatable bonds is 6. The van der Waals surface area contributed by atoms with Crippen molar-refractivity contribution in [3.8, 4) is 0 Å². The van der Waals surface area contributed by atoms with E-state index in [4.69, 9.17) is 9.47 Å². The van der Waals surface area contributed by atoms with E-state index in [1.807, 2.05) is 51.1 Å². The molecule has 3 atom stereocenters. The predicted octanol–water partition coefficient (Wildman–Crippen LogP) is 5.02. The Hall–Kier alpha value is -2.04. The van der Waals surface area contributed by atoms with Crippen LogP contribution in [0, 0.1) is 11.8 Å². The van der Waals surface area contributed by atoms with Gasteiger partial charge in [0.15, 0.2) is 0 Å². The molecule has 2 aliphatic rings. The standard InChI is InChI=1S/C24H35NO4/c1-24(2,3)29-23(27)25-20(15-18-12-8-5-9-13-18)21-16-19(22(26)28-21)14-17-10-6-4-7-11-17/h4,6-7,10-11,18-21H,5,8-9,12-16H2,1-3H3,(H,25,27)/t19-,20+,21+/m1/s1. The van der Waals surface area contributed by atoms with E-state index in [9.17, 15) is 9.59 Å². The Labute approximate surface area is 174 Å². The van der Waals surface area contributed by atoms with Crippen LogP contribution in [0.5, 0.6) is 0 Å². The van der Waals surface area contributed by atoms with Crippen LogP contribution in [0.1, 0.15) is 71.3 Å². The molecule has 5 nitrogen and oxygen atoms in total. The molecule has 0 unspecified atom stereocenters. The lowest BCUT2D eigenvalue weighted by Gasteiger charge is -2.30. The minimum absolute atomic E-state index is 0.154. The second-order valence-corrected chi connectivity index (χ2v) is 9.59. The van der Waals surface area contributed by atoms with E-state index in [-0.39, 0.29) is 24.0 Å². The highest BCUT2D eigenvalue weighted by Crippen LogP contribution is 2.33. The highest BCUT2D eigenvalue weighted by atomic mass is 16.6. The average Bonchev–Trinajstić information content (AvgIpc) is 3.02. The molecule has 1 aliphatic heterocycles. The molecule has 0 bridgehead atoms. The summed E-state index contributed by atoms with van der Waals surface area (Å²) in [7, 11) is 0. The van der Waals surface area contributed by atoms with Gasteiger partial charge in [0.1, 0.15) is 11.7 Å². The molecule has 1 saturated carbocycles. The molecule has 0 aromatic heterocycles. The van der Waals surface area contributed by atoms with Gasteiger partial charge >= 0.3 is 12.1 Å². The Kier molecular flexibility index (Phi) is 7.20. The Bertz CT molecular complexity index is 676. The van der Waals surface area contributed by atoms with Gasteiger partial charge in [0, 0.05) is 0 Å². The minimum Gasteiger partial charge on any atom is -0.460 e. The highest BCUT2D eigenvalue weighted by molar-refractivity contribution is 5.75. The van der Waals surface area contributed by atoms with E-state index in [0.29, 0.717) is 18.8 Å². The lowest BCUT2D eigenvalue weighted by molar-refractivity contribution is -0.145. The Morgan fingerprint density at radius 2 is 1.86 bits per heavy atom. The topological polar surface area (TPSA) is 64.6 Å². The van der Waals surface area contributed by atoms with Crippen LogP contribution in [0.2, 0.25) is 0 Å². The van der Waals surface area contributed by atoms with Crippen molar-refractivity contribution in [2.24, 2.45) is 11.8 Å². The van der Waals surface area contributed by atoms with Crippen LogP contribution < -0.4 is 5.32 Å². The van der Waals surface area contributed by atoms with Crippen molar-refractivity contribution in [1.29, 1.82) is 0 Å². The van der Waals surface area contributed by atoms with Crippen LogP contribution in [0.25, 0.3) is 0 Å². The average molecular weight is 402 g/mol. The van der Waals surface area contributed by atoms with Crippen molar-refractivity contribution in [3.05, 3.63) is 35.9 Å². The van der Waals surface area contributed by atoms with E-state index in [1.54, 1.807) is 0 Å². The lowest BCUT2D eigenvalue weighted by Crippen LogP contribution is -2.46. The Morgan fingerprint density at radius 1 is 1.17 bits per heavy atom. The molecule has 0 radical (unpaired) electrons. The molecule has 2 fully saturated rings. The van der Waals surface area contributed by atoms with Crippen LogP contribution >= 0.6 is 0 Å². The van der Waals surface area contributed by atoms with E-state index in [2.05, 4.69) is 5.32 Å². The number of benzene rings is 1. The number of ether oxygens (including phenoxy) is 2. The number of amides is 1. The SMILES string of the molecule is CC(C)(C)OC(=O)N[C@@H](CC1CCCCC1)[C@@H]1C[C@@H](Cc2ccccc2)C(=O)O1. The fraction of sp³-hybridized carbons (Fsp3) is 0.667. The molecular formula is C24H35NO4. The number of hydrogen-bond donors (Lipinski definition) is 1. The molecule has 29 heavy (non-hydrogen) atoms. The van der Waals surface area contributed by atoms with E-state index < -0.39 is 11.7 Å². The van der Waals surface area contributed by atoms with Crippen LogP contribution in [0.3, 0.4) is 0 Å². The maximum Gasteiger partial charge on any atom is 0.408 e.